The van der Waals surface area contributed by atoms with Gasteiger partial charge in [-0.2, -0.15) is 34.8 Å². The third kappa shape index (κ3) is 9.93. The zero-order valence-electron chi connectivity index (χ0n) is 29.9. The van der Waals surface area contributed by atoms with Gasteiger partial charge in [-0.3, -0.25) is 4.55 Å². The van der Waals surface area contributed by atoms with Crippen LogP contribution in [-0.4, -0.2) is 102 Å². The molecule has 0 heterocycles. The molecule has 0 amide bonds. The number of ether oxygens (including phenoxy) is 3. The maximum Gasteiger partial charge on any atom is 0.438 e. The molecule has 0 aromatic heterocycles. The smallest absolute Gasteiger partial charge is 0.435 e. The monoisotopic (exact) mass is 762 g/mol. The zero-order chi connectivity index (χ0) is 40.1. The Morgan fingerprint density at radius 3 is 1.09 bits per heavy atom. The number of esters is 3. The van der Waals surface area contributed by atoms with Gasteiger partial charge in [-0.15, -0.1) is 0 Å². The first-order chi connectivity index (χ1) is 24.6. The molecule has 0 fully saturated rings. The van der Waals surface area contributed by atoms with Crippen LogP contribution in [0.15, 0.2) is 42.5 Å². The number of rotatable bonds is 14. The number of carbonyl (C=O) groups is 3. The number of hydrogen-bond acceptors (Lipinski definition) is 8. The van der Waals surface area contributed by atoms with Crippen LogP contribution >= 0.6 is 0 Å². The average Bonchev–Trinajstić information content (AvgIpc) is 3.09. The number of alkyl halides is 6. The summed E-state index contributed by atoms with van der Waals surface area (Å²) in [5, 5.41) is 0. The quantitative estimate of drug-likeness (QED) is 0.0783. The second-order valence-corrected chi connectivity index (χ2v) is 13.6. The van der Waals surface area contributed by atoms with E-state index in [0.29, 0.717) is 72.3 Å². The molecule has 1 N–H and O–H groups in total. The highest BCUT2D eigenvalue weighted by molar-refractivity contribution is 7.85. The summed E-state index contributed by atoms with van der Waals surface area (Å²) in [6.45, 7) is 0. The van der Waals surface area contributed by atoms with E-state index < -0.39 is 68.4 Å². The normalized spacial score (nSPS) is 12.3. The topological polar surface area (TPSA) is 133 Å². The predicted molar refractivity (Wildman–Crippen MR) is 199 cm³/mol. The fourth-order valence-electron chi connectivity index (χ4n) is 5.60. The molecular weight excluding hydrogens is 727 g/mol. The summed E-state index contributed by atoms with van der Waals surface area (Å²) in [6, 6.07) is 9.13. The first-order valence-electron chi connectivity index (χ1n) is 16.8. The number of halogens is 6. The van der Waals surface area contributed by atoms with Crippen LogP contribution in [0.25, 0.3) is 0 Å². The summed E-state index contributed by atoms with van der Waals surface area (Å²) >= 11 is 0. The molecule has 3 aromatic rings. The van der Waals surface area contributed by atoms with Gasteiger partial charge in [-0.25, -0.2) is 14.4 Å². The second-order valence-electron chi connectivity index (χ2n) is 12.1. The highest BCUT2D eigenvalue weighted by Gasteiger charge is 2.76. The third-order valence-electron chi connectivity index (χ3n) is 8.54. The Balaban J connectivity index is 2.26. The van der Waals surface area contributed by atoms with E-state index in [1.54, 1.807) is 55.7 Å². The Bertz CT molecular complexity index is 1830. The van der Waals surface area contributed by atoms with Gasteiger partial charge in [0, 0.05) is 0 Å². The van der Waals surface area contributed by atoms with Crippen molar-refractivity contribution in [1.29, 1.82) is 0 Å². The maximum atomic E-state index is 14.0. The fourth-order valence-corrected chi connectivity index (χ4v) is 6.50. The van der Waals surface area contributed by atoms with Crippen molar-refractivity contribution in [3.63, 3.8) is 0 Å². The lowest BCUT2D eigenvalue weighted by molar-refractivity contribution is -0.356. The molecule has 0 saturated heterocycles. The Hall–Kier alpha value is -4.05. The van der Waals surface area contributed by atoms with E-state index in [1.807, 2.05) is 15.7 Å². The van der Waals surface area contributed by atoms with Gasteiger partial charge in [0.25, 0.3) is 10.1 Å². The molecule has 0 saturated carbocycles. The van der Waals surface area contributed by atoms with Crippen LogP contribution in [0.3, 0.4) is 0 Å². The summed E-state index contributed by atoms with van der Waals surface area (Å²) in [4.78, 5) is 40.6. The lowest BCUT2D eigenvalue weighted by atomic mass is 9.85. The Kier molecular flexibility index (Phi) is 13.9. The Morgan fingerprint density at radius 1 is 0.547 bits per heavy atom. The fraction of sp³-hybridized carbons (Fsp3) is 0.323. The number of hydrogen-bond donors (Lipinski definition) is 1. The van der Waals surface area contributed by atoms with Gasteiger partial charge in [0.1, 0.15) is 64.3 Å². The molecule has 0 atom stereocenters. The van der Waals surface area contributed by atoms with Crippen LogP contribution in [-0.2, 0) is 52.8 Å². The lowest BCUT2D eigenvalue weighted by Crippen LogP contribution is -2.63. The van der Waals surface area contributed by atoms with Crippen molar-refractivity contribution >= 4 is 75.1 Å². The highest BCUT2D eigenvalue weighted by atomic mass is 32.2. The lowest BCUT2D eigenvalue weighted by Gasteiger charge is -2.35. The Morgan fingerprint density at radius 2 is 0.849 bits per heavy atom. The Labute approximate surface area is 308 Å². The van der Waals surface area contributed by atoms with E-state index >= 15 is 0 Å². The molecule has 3 rings (SSSR count). The van der Waals surface area contributed by atoms with Gasteiger partial charge in [0.05, 0.1) is 16.7 Å². The van der Waals surface area contributed by atoms with Crippen LogP contribution < -0.4 is 9.47 Å². The van der Waals surface area contributed by atoms with Crippen molar-refractivity contribution in [3.05, 3.63) is 92.5 Å². The minimum absolute atomic E-state index is 0.131. The standard InChI is InChI=1S/C31H34B6F6O9S/c32-8-15-1-20(10-34)24(21(2-15)11-35)50-26(44)17-5-18(27(45)51-25-22(12-36)3-16(9-33)4-23(25)13-37)7-19(6-17)28(46)52-29(30(38,39)40,31(41,42)43)14-53(47,48)49/h1-7H,8-14,32-37H2,(H,47,48,49). The maximum absolute atomic E-state index is 14.0. The van der Waals surface area contributed by atoms with Crippen molar-refractivity contribution in [1.82, 2.24) is 0 Å². The van der Waals surface area contributed by atoms with Crippen molar-refractivity contribution in [2.24, 2.45) is 0 Å². The molecule has 0 aliphatic rings. The van der Waals surface area contributed by atoms with Crippen LogP contribution in [0.2, 0.25) is 0 Å². The summed E-state index contributed by atoms with van der Waals surface area (Å²) in [6.07, 6.45) is -10.3. The van der Waals surface area contributed by atoms with Crippen molar-refractivity contribution in [3.8, 4) is 11.5 Å². The van der Waals surface area contributed by atoms with Gasteiger partial charge in [-0.1, -0.05) is 73.3 Å². The summed E-state index contributed by atoms with van der Waals surface area (Å²) in [7, 11) is 4.90. The first kappa shape index (κ1) is 43.4. The van der Waals surface area contributed by atoms with E-state index in [1.165, 1.54) is 0 Å². The van der Waals surface area contributed by atoms with Crippen LogP contribution in [0.4, 0.5) is 26.3 Å². The summed E-state index contributed by atoms with van der Waals surface area (Å²) < 4.78 is 131. The number of carbonyl (C=O) groups excluding carboxylic acids is 3. The molecule has 0 bridgehead atoms. The molecular formula is C31H34B6F6O9S. The molecule has 9 nitrogen and oxygen atoms in total. The molecule has 0 aliphatic heterocycles. The van der Waals surface area contributed by atoms with E-state index in [9.17, 15) is 49.1 Å². The van der Waals surface area contributed by atoms with Gasteiger partial charge >= 0.3 is 35.9 Å². The first-order valence-corrected chi connectivity index (χ1v) is 18.4. The zero-order valence-corrected chi connectivity index (χ0v) is 30.7. The summed E-state index contributed by atoms with van der Waals surface area (Å²) in [5.41, 5.74) is -4.00. The highest BCUT2D eigenvalue weighted by Crippen LogP contribution is 2.47. The van der Waals surface area contributed by atoms with Crippen LogP contribution in [0, 0.1) is 0 Å². The second kappa shape index (κ2) is 17.0. The van der Waals surface area contributed by atoms with E-state index in [-0.39, 0.29) is 11.5 Å². The third-order valence-corrected chi connectivity index (χ3v) is 9.31. The molecule has 0 unspecified atom stereocenters. The molecule has 0 radical (unpaired) electrons. The molecule has 3 aromatic carbocycles. The van der Waals surface area contributed by atoms with Crippen molar-refractivity contribution in [2.45, 2.75) is 55.9 Å². The van der Waals surface area contributed by atoms with Gasteiger partial charge in [0.15, 0.2) is 0 Å². The van der Waals surface area contributed by atoms with E-state index in [2.05, 4.69) is 4.74 Å². The van der Waals surface area contributed by atoms with Gasteiger partial charge in [0.2, 0.25) is 0 Å². The molecule has 53 heavy (non-hydrogen) atoms. The largest absolute Gasteiger partial charge is 0.438 e. The summed E-state index contributed by atoms with van der Waals surface area (Å²) in [5.74, 6) is -7.78. The molecule has 0 aliphatic carbocycles. The molecule has 278 valence electrons. The predicted octanol–water partition coefficient (Wildman–Crippen LogP) is -0.168. The van der Waals surface area contributed by atoms with Crippen LogP contribution in [0.1, 0.15) is 64.5 Å². The van der Waals surface area contributed by atoms with Gasteiger partial charge in [-0.05, 0) is 40.5 Å². The molecule has 22 heteroatoms. The van der Waals surface area contributed by atoms with E-state index in [0.717, 1.165) is 17.2 Å². The average molecular weight is 762 g/mol. The van der Waals surface area contributed by atoms with Gasteiger partial charge < -0.3 is 14.2 Å². The minimum atomic E-state index is -6.62. The van der Waals surface area contributed by atoms with Crippen molar-refractivity contribution < 1.29 is 67.9 Å². The molecule has 0 spiro atoms. The van der Waals surface area contributed by atoms with Crippen LogP contribution in [0.5, 0.6) is 11.5 Å². The van der Waals surface area contributed by atoms with E-state index in [4.69, 9.17) is 14.0 Å². The SMILES string of the molecule is BCc1cc(CB)c(OC(=O)c2cc(C(=O)Oc3c(CB)cc(CB)cc3CB)cc(C(=O)OC(CS(=O)(=O)O)(C(F)(F)F)C(F)(F)F)c2)c(CB)c1. The number of benzene rings is 3. The minimum Gasteiger partial charge on any atom is -0.435 e. The van der Waals surface area contributed by atoms with Crippen molar-refractivity contribution in [2.75, 3.05) is 5.75 Å².